The molecular formula is C10H9F2N3S2. The van der Waals surface area contributed by atoms with Crippen LogP contribution in [0.3, 0.4) is 0 Å². The number of anilines is 1. The van der Waals surface area contributed by atoms with Crippen LogP contribution in [0.15, 0.2) is 22.5 Å². The molecule has 0 saturated heterocycles. The van der Waals surface area contributed by atoms with Crippen molar-refractivity contribution in [1.29, 1.82) is 0 Å². The third-order valence-corrected chi connectivity index (χ3v) is 4.08. The number of benzene rings is 1. The van der Waals surface area contributed by atoms with E-state index in [1.165, 1.54) is 35.2 Å². The van der Waals surface area contributed by atoms with Gasteiger partial charge in [-0.3, -0.25) is 0 Å². The molecule has 90 valence electrons. The van der Waals surface area contributed by atoms with Gasteiger partial charge in [0.15, 0.2) is 4.34 Å². The predicted molar refractivity (Wildman–Crippen MR) is 65.0 cm³/mol. The molecule has 0 fully saturated rings. The summed E-state index contributed by atoms with van der Waals surface area (Å²) in [5.41, 5.74) is 5.89. The summed E-state index contributed by atoms with van der Waals surface area (Å²) in [6, 6.07) is 3.55. The molecule has 0 bridgehead atoms. The molecule has 0 radical (unpaired) electrons. The Bertz CT molecular complexity index is 530. The van der Waals surface area contributed by atoms with E-state index in [2.05, 4.69) is 10.2 Å². The van der Waals surface area contributed by atoms with Crippen LogP contribution < -0.4 is 5.73 Å². The van der Waals surface area contributed by atoms with Gasteiger partial charge >= 0.3 is 0 Å². The molecule has 0 aliphatic heterocycles. The van der Waals surface area contributed by atoms with E-state index >= 15 is 0 Å². The van der Waals surface area contributed by atoms with Gasteiger partial charge in [-0.25, -0.2) is 8.78 Å². The number of nitrogens with zero attached hydrogens (tertiary/aromatic N) is 2. The maximum absolute atomic E-state index is 13.5. The van der Waals surface area contributed by atoms with Crippen molar-refractivity contribution >= 4 is 28.2 Å². The molecule has 0 saturated carbocycles. The molecule has 1 aromatic carbocycles. The van der Waals surface area contributed by atoms with Crippen LogP contribution in [-0.2, 0) is 0 Å². The highest BCUT2D eigenvalue weighted by molar-refractivity contribution is 8.01. The Labute approximate surface area is 105 Å². The number of thioether (sulfide) groups is 1. The van der Waals surface area contributed by atoms with E-state index in [-0.39, 0.29) is 5.25 Å². The van der Waals surface area contributed by atoms with E-state index in [0.29, 0.717) is 15.0 Å². The van der Waals surface area contributed by atoms with Crippen LogP contribution in [-0.4, -0.2) is 10.2 Å². The van der Waals surface area contributed by atoms with Crippen LogP contribution in [0.1, 0.15) is 17.7 Å². The van der Waals surface area contributed by atoms with Crippen molar-refractivity contribution in [2.45, 2.75) is 16.5 Å². The van der Waals surface area contributed by atoms with Crippen LogP contribution in [0.5, 0.6) is 0 Å². The summed E-state index contributed by atoms with van der Waals surface area (Å²) in [4.78, 5) is 0. The van der Waals surface area contributed by atoms with Gasteiger partial charge in [0.1, 0.15) is 11.6 Å². The molecule has 7 heteroatoms. The zero-order valence-corrected chi connectivity index (χ0v) is 10.5. The second kappa shape index (κ2) is 4.97. The molecule has 17 heavy (non-hydrogen) atoms. The van der Waals surface area contributed by atoms with E-state index < -0.39 is 11.6 Å². The standard InChI is InChI=1S/C10H9F2N3S2/c1-5(16-10-15-14-9(13)17-10)7-3-2-6(11)4-8(7)12/h2-5H,1H3,(H2,13,14). The van der Waals surface area contributed by atoms with Gasteiger partial charge in [-0.05, 0) is 13.0 Å². The second-order valence-electron chi connectivity index (χ2n) is 3.33. The fourth-order valence-electron chi connectivity index (χ4n) is 1.31. The third kappa shape index (κ3) is 2.92. The predicted octanol–water partition coefficient (Wildman–Crippen LogP) is 3.25. The summed E-state index contributed by atoms with van der Waals surface area (Å²) in [6.45, 7) is 1.82. The van der Waals surface area contributed by atoms with E-state index in [4.69, 9.17) is 5.73 Å². The summed E-state index contributed by atoms with van der Waals surface area (Å²) in [5, 5.41) is 7.71. The van der Waals surface area contributed by atoms with Gasteiger partial charge in [-0.15, -0.1) is 10.2 Å². The Morgan fingerprint density at radius 1 is 1.35 bits per heavy atom. The lowest BCUT2D eigenvalue weighted by molar-refractivity contribution is 0.573. The van der Waals surface area contributed by atoms with Crippen LogP contribution in [0, 0.1) is 11.6 Å². The minimum Gasteiger partial charge on any atom is -0.374 e. The highest BCUT2D eigenvalue weighted by atomic mass is 32.2. The maximum atomic E-state index is 13.5. The second-order valence-corrected chi connectivity index (χ2v) is 5.93. The van der Waals surface area contributed by atoms with Crippen molar-refractivity contribution in [1.82, 2.24) is 10.2 Å². The number of aromatic nitrogens is 2. The Kier molecular flexibility index (Phi) is 3.58. The Balaban J connectivity index is 2.17. The smallest absolute Gasteiger partial charge is 0.203 e. The van der Waals surface area contributed by atoms with Gasteiger partial charge < -0.3 is 5.73 Å². The van der Waals surface area contributed by atoms with Gasteiger partial charge in [0, 0.05) is 16.9 Å². The molecule has 1 atom stereocenters. The van der Waals surface area contributed by atoms with Crippen molar-refractivity contribution in [2.24, 2.45) is 0 Å². The molecule has 0 aliphatic carbocycles. The van der Waals surface area contributed by atoms with Gasteiger partial charge in [-0.2, -0.15) is 0 Å². The molecule has 2 aromatic rings. The zero-order valence-electron chi connectivity index (χ0n) is 8.85. The van der Waals surface area contributed by atoms with Crippen molar-refractivity contribution in [3.8, 4) is 0 Å². The quantitative estimate of drug-likeness (QED) is 0.872. The van der Waals surface area contributed by atoms with Gasteiger partial charge in [0.2, 0.25) is 5.13 Å². The molecular weight excluding hydrogens is 264 g/mol. The molecule has 0 amide bonds. The largest absolute Gasteiger partial charge is 0.374 e. The number of nitrogen functional groups attached to an aromatic ring is 1. The Morgan fingerprint density at radius 3 is 2.71 bits per heavy atom. The van der Waals surface area contributed by atoms with Crippen LogP contribution in [0.25, 0.3) is 0 Å². The van der Waals surface area contributed by atoms with Crippen molar-refractivity contribution < 1.29 is 8.78 Å². The van der Waals surface area contributed by atoms with Crippen molar-refractivity contribution in [2.75, 3.05) is 5.73 Å². The number of hydrogen-bond acceptors (Lipinski definition) is 5. The van der Waals surface area contributed by atoms with E-state index in [9.17, 15) is 8.78 Å². The lowest BCUT2D eigenvalue weighted by Gasteiger charge is -2.10. The SMILES string of the molecule is CC(Sc1nnc(N)s1)c1ccc(F)cc1F. The van der Waals surface area contributed by atoms with Gasteiger partial charge in [0.25, 0.3) is 0 Å². The normalized spacial score (nSPS) is 12.6. The first kappa shape index (κ1) is 12.3. The molecule has 3 nitrogen and oxygen atoms in total. The van der Waals surface area contributed by atoms with Crippen LogP contribution in [0.2, 0.25) is 0 Å². The molecule has 1 aromatic heterocycles. The molecule has 1 heterocycles. The summed E-state index contributed by atoms with van der Waals surface area (Å²) in [7, 11) is 0. The number of nitrogens with two attached hydrogens (primary N) is 1. The van der Waals surface area contributed by atoms with E-state index in [1.807, 2.05) is 6.92 Å². The summed E-state index contributed by atoms with van der Waals surface area (Å²) >= 11 is 2.58. The first-order chi connectivity index (χ1) is 8.06. The summed E-state index contributed by atoms with van der Waals surface area (Å²) < 4.78 is 26.9. The number of rotatable bonds is 3. The minimum atomic E-state index is -0.580. The topological polar surface area (TPSA) is 51.8 Å². The van der Waals surface area contributed by atoms with Crippen molar-refractivity contribution in [3.63, 3.8) is 0 Å². The molecule has 0 spiro atoms. The summed E-state index contributed by atoms with van der Waals surface area (Å²) in [5.74, 6) is -1.13. The molecule has 2 rings (SSSR count). The fourth-order valence-corrected chi connectivity index (χ4v) is 3.25. The third-order valence-electron chi connectivity index (χ3n) is 2.10. The lowest BCUT2D eigenvalue weighted by atomic mass is 10.1. The lowest BCUT2D eigenvalue weighted by Crippen LogP contribution is -1.94. The minimum absolute atomic E-state index is 0.178. The fraction of sp³-hybridized carbons (Fsp3) is 0.200. The Hall–Kier alpha value is -1.21. The van der Waals surface area contributed by atoms with E-state index in [1.54, 1.807) is 0 Å². The first-order valence-electron chi connectivity index (χ1n) is 4.77. The number of halogens is 2. The monoisotopic (exact) mass is 273 g/mol. The molecule has 1 unspecified atom stereocenters. The average molecular weight is 273 g/mol. The van der Waals surface area contributed by atoms with Crippen molar-refractivity contribution in [3.05, 3.63) is 35.4 Å². The summed E-state index contributed by atoms with van der Waals surface area (Å²) in [6.07, 6.45) is 0. The molecule has 0 aliphatic rings. The maximum Gasteiger partial charge on any atom is 0.203 e. The highest BCUT2D eigenvalue weighted by Crippen LogP contribution is 2.37. The van der Waals surface area contributed by atoms with E-state index in [0.717, 1.165) is 6.07 Å². The van der Waals surface area contributed by atoms with Crippen LogP contribution >= 0.6 is 23.1 Å². The zero-order chi connectivity index (χ0) is 12.4. The number of hydrogen-bond donors (Lipinski definition) is 1. The highest BCUT2D eigenvalue weighted by Gasteiger charge is 2.15. The molecule has 2 N–H and O–H groups in total. The Morgan fingerprint density at radius 2 is 2.12 bits per heavy atom. The van der Waals surface area contributed by atoms with Gasteiger partial charge in [0.05, 0.1) is 0 Å². The first-order valence-corrected chi connectivity index (χ1v) is 6.46. The van der Waals surface area contributed by atoms with Gasteiger partial charge in [-0.1, -0.05) is 29.2 Å². The van der Waals surface area contributed by atoms with Crippen LogP contribution in [0.4, 0.5) is 13.9 Å². The average Bonchev–Trinajstić information content (AvgIpc) is 2.63.